The van der Waals surface area contributed by atoms with Crippen LogP contribution in [-0.2, 0) is 21.2 Å². The van der Waals surface area contributed by atoms with E-state index < -0.39 is 10.0 Å². The fourth-order valence-corrected chi connectivity index (χ4v) is 6.32. The second kappa shape index (κ2) is 9.78. The van der Waals surface area contributed by atoms with Crippen LogP contribution >= 0.6 is 0 Å². The van der Waals surface area contributed by atoms with Gasteiger partial charge in [0, 0.05) is 37.1 Å². The SMILES string of the molecule is CN(C)C1CN(CC(=O)Nc2ccc(-c3ccc4ncn(-c5ccc6c(c5)N(S(C)(=O)=O)CC6)c4c3)cc2)C1. The highest BCUT2D eigenvalue weighted by atomic mass is 32.2. The Morgan fingerprint density at radius 2 is 1.77 bits per heavy atom. The molecule has 4 aromatic rings. The zero-order valence-corrected chi connectivity index (χ0v) is 23.1. The van der Waals surface area contributed by atoms with Crippen LogP contribution in [0.3, 0.4) is 0 Å². The number of sulfonamides is 1. The topological polar surface area (TPSA) is 90.8 Å². The van der Waals surface area contributed by atoms with Gasteiger partial charge in [0.05, 0.1) is 29.5 Å². The third-order valence-electron chi connectivity index (χ3n) is 7.68. The van der Waals surface area contributed by atoms with Gasteiger partial charge in [0.25, 0.3) is 0 Å². The lowest BCUT2D eigenvalue weighted by atomic mass is 10.0. The van der Waals surface area contributed by atoms with Crippen molar-refractivity contribution in [2.24, 2.45) is 0 Å². The average molecular weight is 545 g/mol. The lowest BCUT2D eigenvalue weighted by molar-refractivity contribution is -0.119. The van der Waals surface area contributed by atoms with Crippen LogP contribution < -0.4 is 9.62 Å². The number of aromatic nitrogens is 2. The Balaban J connectivity index is 1.20. The number of imidazole rings is 1. The largest absolute Gasteiger partial charge is 0.325 e. The minimum absolute atomic E-state index is 0.00550. The summed E-state index contributed by atoms with van der Waals surface area (Å²) in [5, 5.41) is 3.00. The highest BCUT2D eigenvalue weighted by molar-refractivity contribution is 7.92. The third-order valence-corrected chi connectivity index (χ3v) is 8.86. The van der Waals surface area contributed by atoms with Gasteiger partial charge in [-0.05, 0) is 73.6 Å². The molecule has 0 saturated carbocycles. The fraction of sp³-hybridized carbons (Fsp3) is 0.310. The van der Waals surface area contributed by atoms with Crippen molar-refractivity contribution in [2.45, 2.75) is 12.5 Å². The Labute approximate surface area is 228 Å². The molecule has 1 saturated heterocycles. The Hall–Kier alpha value is -3.73. The van der Waals surface area contributed by atoms with E-state index in [1.807, 2.05) is 59.2 Å². The van der Waals surface area contributed by atoms with Gasteiger partial charge in [-0.15, -0.1) is 0 Å². The minimum atomic E-state index is -3.33. The first-order valence-electron chi connectivity index (χ1n) is 13.0. The first-order chi connectivity index (χ1) is 18.7. The third kappa shape index (κ3) is 5.03. The smallest absolute Gasteiger partial charge is 0.238 e. The monoisotopic (exact) mass is 544 g/mol. The number of benzene rings is 3. The summed E-state index contributed by atoms with van der Waals surface area (Å²) < 4.78 is 28.0. The molecule has 1 aromatic heterocycles. The molecule has 0 bridgehead atoms. The quantitative estimate of drug-likeness (QED) is 0.384. The number of nitrogens with zero attached hydrogens (tertiary/aromatic N) is 5. The standard InChI is InChI=1S/C29H32N6O3S/c1-32(2)25-16-33(17-25)18-29(36)31-23-8-4-20(5-9-23)22-7-11-26-28(14-22)34(19-30-26)24-10-6-21-12-13-35(27(21)15-24)39(3,37)38/h4-11,14-15,19,25H,12-13,16-18H2,1-3H3,(H,31,36). The number of likely N-dealkylation sites (N-methyl/N-ethyl adjacent to an activating group) is 1. The van der Waals surface area contributed by atoms with Crippen LogP contribution in [0.2, 0.25) is 0 Å². The highest BCUT2D eigenvalue weighted by Gasteiger charge is 2.29. The van der Waals surface area contributed by atoms with E-state index in [2.05, 4.69) is 40.3 Å². The Morgan fingerprint density at radius 1 is 1.03 bits per heavy atom. The van der Waals surface area contributed by atoms with Crippen LogP contribution in [0.4, 0.5) is 11.4 Å². The molecule has 39 heavy (non-hydrogen) atoms. The van der Waals surface area contributed by atoms with E-state index in [1.54, 1.807) is 6.33 Å². The molecule has 1 fully saturated rings. The van der Waals surface area contributed by atoms with E-state index in [1.165, 1.54) is 10.6 Å². The molecule has 10 heteroatoms. The fourth-order valence-electron chi connectivity index (χ4n) is 5.37. The zero-order valence-electron chi connectivity index (χ0n) is 22.3. The van der Waals surface area contributed by atoms with Gasteiger partial charge in [-0.2, -0.15) is 0 Å². The number of nitrogens with one attached hydrogen (secondary N) is 1. The summed E-state index contributed by atoms with van der Waals surface area (Å²) in [6.07, 6.45) is 3.73. The molecular formula is C29H32N6O3S. The number of anilines is 2. The van der Waals surface area contributed by atoms with Gasteiger partial charge in [-0.25, -0.2) is 13.4 Å². The van der Waals surface area contributed by atoms with E-state index in [-0.39, 0.29) is 5.91 Å². The number of rotatable bonds is 7. The molecule has 6 rings (SSSR count). The molecule has 1 N–H and O–H groups in total. The molecule has 2 aliphatic rings. The van der Waals surface area contributed by atoms with Crippen LogP contribution in [0.5, 0.6) is 0 Å². The van der Waals surface area contributed by atoms with Gasteiger partial charge in [0.1, 0.15) is 6.33 Å². The van der Waals surface area contributed by atoms with Crippen molar-refractivity contribution in [3.8, 4) is 16.8 Å². The van der Waals surface area contributed by atoms with Crippen LogP contribution in [0.1, 0.15) is 5.56 Å². The second-order valence-corrected chi connectivity index (χ2v) is 12.6. The summed E-state index contributed by atoms with van der Waals surface area (Å²) in [6.45, 7) is 2.70. The van der Waals surface area contributed by atoms with Crippen LogP contribution in [-0.4, -0.2) is 86.2 Å². The predicted octanol–water partition coefficient (Wildman–Crippen LogP) is 3.20. The zero-order chi connectivity index (χ0) is 27.3. The van der Waals surface area contributed by atoms with Gasteiger partial charge in [0.2, 0.25) is 15.9 Å². The van der Waals surface area contributed by atoms with Crippen molar-refractivity contribution >= 4 is 38.3 Å². The van der Waals surface area contributed by atoms with E-state index in [4.69, 9.17) is 0 Å². The molecule has 1 amide bonds. The summed E-state index contributed by atoms with van der Waals surface area (Å²) in [5.74, 6) is -0.00550. The van der Waals surface area contributed by atoms with Gasteiger partial charge in [0.15, 0.2) is 0 Å². The maximum atomic E-state index is 12.5. The van der Waals surface area contributed by atoms with E-state index in [0.717, 1.165) is 57.9 Å². The molecule has 2 aliphatic heterocycles. The highest BCUT2D eigenvalue weighted by Crippen LogP contribution is 2.33. The lowest BCUT2D eigenvalue weighted by Gasteiger charge is -2.42. The van der Waals surface area contributed by atoms with Crippen LogP contribution in [0.15, 0.2) is 67.0 Å². The molecule has 0 aliphatic carbocycles. The number of hydrogen-bond acceptors (Lipinski definition) is 6. The van der Waals surface area contributed by atoms with E-state index in [0.29, 0.717) is 25.6 Å². The lowest BCUT2D eigenvalue weighted by Crippen LogP contribution is -2.58. The van der Waals surface area contributed by atoms with Gasteiger partial charge in [-0.3, -0.25) is 18.6 Å². The predicted molar refractivity (Wildman–Crippen MR) is 155 cm³/mol. The first kappa shape index (κ1) is 25.5. The molecular weight excluding hydrogens is 512 g/mol. The molecule has 0 spiro atoms. The maximum Gasteiger partial charge on any atom is 0.238 e. The van der Waals surface area contributed by atoms with Crippen molar-refractivity contribution in [3.63, 3.8) is 0 Å². The molecule has 0 atom stereocenters. The Morgan fingerprint density at radius 3 is 2.49 bits per heavy atom. The molecule has 3 heterocycles. The molecule has 202 valence electrons. The molecule has 3 aromatic carbocycles. The number of amides is 1. The number of carbonyl (C=O) groups excluding carboxylic acids is 1. The van der Waals surface area contributed by atoms with Crippen molar-refractivity contribution in [2.75, 3.05) is 56.2 Å². The Kier molecular flexibility index (Phi) is 6.41. The molecule has 9 nitrogen and oxygen atoms in total. The van der Waals surface area contributed by atoms with Crippen molar-refractivity contribution in [1.82, 2.24) is 19.4 Å². The normalized spacial score (nSPS) is 16.1. The van der Waals surface area contributed by atoms with Crippen LogP contribution in [0.25, 0.3) is 27.8 Å². The van der Waals surface area contributed by atoms with Crippen molar-refractivity contribution < 1.29 is 13.2 Å². The molecule has 0 radical (unpaired) electrons. The van der Waals surface area contributed by atoms with Crippen molar-refractivity contribution in [1.29, 1.82) is 0 Å². The van der Waals surface area contributed by atoms with Crippen LogP contribution in [0, 0.1) is 0 Å². The van der Waals surface area contributed by atoms with Crippen molar-refractivity contribution in [3.05, 3.63) is 72.6 Å². The minimum Gasteiger partial charge on any atom is -0.325 e. The van der Waals surface area contributed by atoms with E-state index >= 15 is 0 Å². The summed E-state index contributed by atoms with van der Waals surface area (Å²) in [5.41, 5.74) is 7.23. The van der Waals surface area contributed by atoms with Gasteiger partial charge >= 0.3 is 0 Å². The summed E-state index contributed by atoms with van der Waals surface area (Å²) in [6, 6.07) is 20.4. The average Bonchev–Trinajstić information content (AvgIpc) is 3.49. The summed E-state index contributed by atoms with van der Waals surface area (Å²) >= 11 is 0. The Bertz CT molecular complexity index is 1660. The summed E-state index contributed by atoms with van der Waals surface area (Å²) in [7, 11) is 0.802. The maximum absolute atomic E-state index is 12.5. The first-order valence-corrected chi connectivity index (χ1v) is 14.9. The van der Waals surface area contributed by atoms with Gasteiger partial charge < -0.3 is 10.2 Å². The number of likely N-dealkylation sites (tertiary alicyclic amines) is 1. The number of fused-ring (bicyclic) bond motifs is 2. The van der Waals surface area contributed by atoms with Gasteiger partial charge in [-0.1, -0.05) is 24.3 Å². The number of hydrogen-bond donors (Lipinski definition) is 1. The second-order valence-electron chi connectivity index (χ2n) is 10.7. The van der Waals surface area contributed by atoms with E-state index in [9.17, 15) is 13.2 Å². The number of carbonyl (C=O) groups is 1. The molecule has 0 unspecified atom stereocenters. The summed E-state index contributed by atoms with van der Waals surface area (Å²) in [4.78, 5) is 21.4.